The number of hydrogen-bond donors (Lipinski definition) is 0. The fourth-order valence-corrected chi connectivity index (χ4v) is 3.36. The van der Waals surface area contributed by atoms with Crippen LogP contribution >= 0.6 is 11.6 Å². The van der Waals surface area contributed by atoms with Crippen LogP contribution < -0.4 is 0 Å². The Labute approximate surface area is 131 Å². The minimum Gasteiger partial charge on any atom is -0.276 e. The van der Waals surface area contributed by atoms with E-state index < -0.39 is 15.1 Å². The van der Waals surface area contributed by atoms with Gasteiger partial charge >= 0.3 is 0 Å². The maximum Gasteiger partial charge on any atom is 0.252 e. The van der Waals surface area contributed by atoms with Crippen molar-refractivity contribution < 1.29 is 13.2 Å². The van der Waals surface area contributed by atoms with Crippen molar-refractivity contribution >= 4 is 26.7 Å². The highest BCUT2D eigenvalue weighted by Gasteiger charge is 2.18. The van der Waals surface area contributed by atoms with Gasteiger partial charge in [0.1, 0.15) is 0 Å². The number of sulfone groups is 1. The Kier molecular flexibility index (Phi) is 6.62. The van der Waals surface area contributed by atoms with Gasteiger partial charge in [0.15, 0.2) is 9.84 Å². The van der Waals surface area contributed by atoms with E-state index in [2.05, 4.69) is 13.0 Å². The normalized spacial score (nSPS) is 12.0. The molecule has 5 heteroatoms. The van der Waals surface area contributed by atoms with Gasteiger partial charge in [0.25, 0.3) is 5.24 Å². The SMILES string of the molecule is CCC=CCCc1cc(CC)c(C(=O)Cl)cc1S(C)(=O)=O. The first-order valence-electron chi connectivity index (χ1n) is 7.01. The monoisotopic (exact) mass is 328 g/mol. The predicted molar refractivity (Wildman–Crippen MR) is 86.9 cm³/mol. The molecular formula is C16H21ClO3S. The number of hydrogen-bond acceptors (Lipinski definition) is 3. The van der Waals surface area contributed by atoms with E-state index in [-0.39, 0.29) is 10.5 Å². The number of rotatable bonds is 7. The van der Waals surface area contributed by atoms with Crippen LogP contribution in [0.25, 0.3) is 0 Å². The molecule has 0 aromatic heterocycles. The highest BCUT2D eigenvalue weighted by atomic mass is 35.5. The van der Waals surface area contributed by atoms with E-state index in [0.29, 0.717) is 12.8 Å². The van der Waals surface area contributed by atoms with E-state index in [0.717, 1.165) is 30.2 Å². The summed E-state index contributed by atoms with van der Waals surface area (Å²) in [4.78, 5) is 11.7. The molecule has 0 aliphatic carbocycles. The molecule has 0 heterocycles. The van der Waals surface area contributed by atoms with Crippen molar-refractivity contribution in [3.8, 4) is 0 Å². The van der Waals surface area contributed by atoms with Gasteiger partial charge in [-0.2, -0.15) is 0 Å². The number of carbonyl (C=O) groups excluding carboxylic acids is 1. The topological polar surface area (TPSA) is 51.2 Å². The van der Waals surface area contributed by atoms with Crippen LogP contribution in [0.15, 0.2) is 29.2 Å². The zero-order valence-corrected chi connectivity index (χ0v) is 14.2. The van der Waals surface area contributed by atoms with Crippen LogP contribution in [0.1, 0.15) is 48.2 Å². The van der Waals surface area contributed by atoms with Crippen LogP contribution in [0, 0.1) is 0 Å². The third-order valence-electron chi connectivity index (χ3n) is 3.26. The second-order valence-electron chi connectivity index (χ2n) is 4.93. The summed E-state index contributed by atoms with van der Waals surface area (Å²) in [5.74, 6) is 0. The second kappa shape index (κ2) is 7.76. The largest absolute Gasteiger partial charge is 0.276 e. The molecule has 116 valence electrons. The lowest BCUT2D eigenvalue weighted by molar-refractivity contribution is 0.108. The smallest absolute Gasteiger partial charge is 0.252 e. The van der Waals surface area contributed by atoms with Gasteiger partial charge in [-0.15, -0.1) is 0 Å². The summed E-state index contributed by atoms with van der Waals surface area (Å²) in [6.45, 7) is 3.97. The standard InChI is InChI=1S/C16H21ClO3S/c1-4-6-7-8-9-13-10-12(5-2)14(16(17)18)11-15(13)21(3,19)20/h6-7,10-11H,4-5,8-9H2,1-3H3. The molecule has 0 N–H and O–H groups in total. The van der Waals surface area contributed by atoms with E-state index in [1.54, 1.807) is 6.07 Å². The van der Waals surface area contributed by atoms with Crippen molar-refractivity contribution in [1.29, 1.82) is 0 Å². The Morgan fingerprint density at radius 3 is 2.33 bits per heavy atom. The molecule has 21 heavy (non-hydrogen) atoms. The molecule has 0 saturated heterocycles. The summed E-state index contributed by atoms with van der Waals surface area (Å²) < 4.78 is 23.9. The zero-order chi connectivity index (χ0) is 16.0. The van der Waals surface area contributed by atoms with Gasteiger partial charge < -0.3 is 0 Å². The average Bonchev–Trinajstić information content (AvgIpc) is 2.41. The first-order valence-corrected chi connectivity index (χ1v) is 9.28. The molecule has 0 unspecified atom stereocenters. The molecule has 0 spiro atoms. The van der Waals surface area contributed by atoms with Crippen molar-refractivity contribution in [2.45, 2.75) is 44.4 Å². The van der Waals surface area contributed by atoms with Gasteiger partial charge in [-0.1, -0.05) is 32.1 Å². The summed E-state index contributed by atoms with van der Waals surface area (Å²) in [6.07, 6.45) is 8.24. The van der Waals surface area contributed by atoms with Crippen LogP contribution in [0.3, 0.4) is 0 Å². The van der Waals surface area contributed by atoms with E-state index in [9.17, 15) is 13.2 Å². The molecule has 0 amide bonds. The zero-order valence-electron chi connectivity index (χ0n) is 12.6. The summed E-state index contributed by atoms with van der Waals surface area (Å²) in [5.41, 5.74) is 1.82. The highest BCUT2D eigenvalue weighted by Crippen LogP contribution is 2.24. The van der Waals surface area contributed by atoms with Crippen molar-refractivity contribution in [1.82, 2.24) is 0 Å². The molecule has 0 fully saturated rings. The Balaban J connectivity index is 3.33. The molecule has 0 radical (unpaired) electrons. The molecule has 1 aromatic carbocycles. The van der Waals surface area contributed by atoms with E-state index in [1.165, 1.54) is 6.07 Å². The van der Waals surface area contributed by atoms with Gasteiger partial charge in [-0.25, -0.2) is 8.42 Å². The second-order valence-corrected chi connectivity index (χ2v) is 7.26. The molecular weight excluding hydrogens is 308 g/mol. The molecule has 0 aliphatic rings. The molecule has 0 atom stereocenters. The minimum absolute atomic E-state index is 0.202. The number of carbonyl (C=O) groups is 1. The van der Waals surface area contributed by atoms with Gasteiger partial charge in [0, 0.05) is 11.8 Å². The molecule has 0 saturated carbocycles. The highest BCUT2D eigenvalue weighted by molar-refractivity contribution is 7.90. The first kappa shape index (κ1) is 17.9. The number of benzene rings is 1. The molecule has 3 nitrogen and oxygen atoms in total. The Bertz CT molecular complexity index is 646. The molecule has 1 aromatic rings. The lowest BCUT2D eigenvalue weighted by Crippen LogP contribution is -2.07. The third-order valence-corrected chi connectivity index (χ3v) is 4.64. The molecule has 1 rings (SSSR count). The first-order chi connectivity index (χ1) is 9.81. The Morgan fingerprint density at radius 2 is 1.86 bits per heavy atom. The average molecular weight is 329 g/mol. The predicted octanol–water partition coefficient (Wildman–Crippen LogP) is 3.93. The summed E-state index contributed by atoms with van der Waals surface area (Å²) >= 11 is 5.56. The Hall–Kier alpha value is -1.13. The van der Waals surface area contributed by atoms with E-state index in [1.807, 2.05) is 13.0 Å². The fraction of sp³-hybridized carbons (Fsp3) is 0.438. The van der Waals surface area contributed by atoms with Crippen molar-refractivity contribution in [3.63, 3.8) is 0 Å². The van der Waals surface area contributed by atoms with Crippen molar-refractivity contribution in [3.05, 3.63) is 41.0 Å². The van der Waals surface area contributed by atoms with Gasteiger partial charge in [0.2, 0.25) is 0 Å². The summed E-state index contributed by atoms with van der Waals surface area (Å²) in [7, 11) is -3.39. The minimum atomic E-state index is -3.39. The number of aryl methyl sites for hydroxylation is 2. The number of allylic oxidation sites excluding steroid dienone is 2. The van der Waals surface area contributed by atoms with Crippen LogP contribution in [0.2, 0.25) is 0 Å². The quantitative estimate of drug-likeness (QED) is 0.563. The van der Waals surface area contributed by atoms with Crippen molar-refractivity contribution in [2.24, 2.45) is 0 Å². The van der Waals surface area contributed by atoms with Gasteiger partial charge in [-0.05, 0) is 54.5 Å². The lowest BCUT2D eigenvalue weighted by atomic mass is 10.00. The lowest BCUT2D eigenvalue weighted by Gasteiger charge is -2.12. The molecule has 0 aliphatic heterocycles. The van der Waals surface area contributed by atoms with Crippen LogP contribution in [-0.4, -0.2) is 19.9 Å². The maximum atomic E-state index is 11.9. The third kappa shape index (κ3) is 4.97. The van der Waals surface area contributed by atoms with E-state index >= 15 is 0 Å². The van der Waals surface area contributed by atoms with Gasteiger partial charge in [0.05, 0.1) is 4.90 Å². The van der Waals surface area contributed by atoms with Crippen molar-refractivity contribution in [2.75, 3.05) is 6.26 Å². The molecule has 0 bridgehead atoms. The summed E-state index contributed by atoms with van der Waals surface area (Å²) in [5, 5.41) is -0.617. The van der Waals surface area contributed by atoms with Crippen LogP contribution in [-0.2, 0) is 22.7 Å². The van der Waals surface area contributed by atoms with E-state index in [4.69, 9.17) is 11.6 Å². The van der Waals surface area contributed by atoms with Crippen LogP contribution in [0.5, 0.6) is 0 Å². The van der Waals surface area contributed by atoms with Crippen LogP contribution in [0.4, 0.5) is 0 Å². The Morgan fingerprint density at radius 1 is 1.19 bits per heavy atom. The maximum absolute atomic E-state index is 11.9. The number of halogens is 1. The fourth-order valence-electron chi connectivity index (χ4n) is 2.22. The van der Waals surface area contributed by atoms with Gasteiger partial charge in [-0.3, -0.25) is 4.79 Å². The summed E-state index contributed by atoms with van der Waals surface area (Å²) in [6, 6.07) is 3.22.